The van der Waals surface area contributed by atoms with E-state index in [1.54, 1.807) is 11.0 Å². The highest BCUT2D eigenvalue weighted by Gasteiger charge is 2.39. The number of rotatable bonds is 5. The van der Waals surface area contributed by atoms with Crippen LogP contribution in [-0.4, -0.2) is 73.7 Å². The molecule has 3 amide bonds. The number of carbonyl (C=O) groups excluding carboxylic acids is 3. The highest BCUT2D eigenvalue weighted by Crippen LogP contribution is 2.22. The van der Waals surface area contributed by atoms with Gasteiger partial charge in [0.2, 0.25) is 11.8 Å². The molecule has 2 saturated heterocycles. The van der Waals surface area contributed by atoms with Gasteiger partial charge in [-0.05, 0) is 23.3 Å². The Hall–Kier alpha value is -3.23. The molecule has 0 unspecified atom stereocenters. The predicted molar refractivity (Wildman–Crippen MR) is 118 cm³/mol. The van der Waals surface area contributed by atoms with Gasteiger partial charge in [-0.25, -0.2) is 0 Å². The van der Waals surface area contributed by atoms with Crippen molar-refractivity contribution in [3.05, 3.63) is 60.2 Å². The van der Waals surface area contributed by atoms with Gasteiger partial charge in [0, 0.05) is 25.6 Å². The molecule has 2 aliphatic heterocycles. The fourth-order valence-electron chi connectivity index (χ4n) is 3.93. The highest BCUT2D eigenvalue weighted by molar-refractivity contribution is 5.95. The van der Waals surface area contributed by atoms with Crippen LogP contribution in [0.3, 0.4) is 0 Å². The monoisotopic (exact) mass is 437 g/mol. The molecule has 2 atom stereocenters. The molecular weight excluding hydrogens is 410 g/mol. The summed E-state index contributed by atoms with van der Waals surface area (Å²) in [7, 11) is 0. The summed E-state index contributed by atoms with van der Waals surface area (Å²) in [5.41, 5.74) is 2.60. The quantitative estimate of drug-likeness (QED) is 0.733. The molecule has 0 aromatic heterocycles. The molecule has 2 aromatic carbocycles. The smallest absolute Gasteiger partial charge is 0.251 e. The molecule has 8 nitrogen and oxygen atoms in total. The third-order valence-electron chi connectivity index (χ3n) is 5.65. The summed E-state index contributed by atoms with van der Waals surface area (Å²) < 4.78 is 11.9. The standard InChI is InChI=1S/C24H27N3O5/c1-16(28)25-11-23(29)27-12-21-22(13-27)32-15-20(14-31-21)26-24(30)19-9-5-8-18(10-19)17-6-3-2-4-7-17/h2-10,20-22H,11-15H2,1H3,(H,25,28)(H,26,30)/t21-,22-/m0/s1. The number of likely N-dealkylation sites (tertiary alicyclic amines) is 1. The van der Waals surface area contributed by atoms with Crippen molar-refractivity contribution in [3.63, 3.8) is 0 Å². The van der Waals surface area contributed by atoms with Gasteiger partial charge in [0.25, 0.3) is 5.91 Å². The van der Waals surface area contributed by atoms with Crippen molar-refractivity contribution >= 4 is 17.7 Å². The van der Waals surface area contributed by atoms with Gasteiger partial charge in [0.15, 0.2) is 0 Å². The lowest BCUT2D eigenvalue weighted by atomic mass is 10.0. The van der Waals surface area contributed by atoms with E-state index in [0.717, 1.165) is 11.1 Å². The Balaban J connectivity index is 1.31. The number of carbonyl (C=O) groups is 3. The largest absolute Gasteiger partial charge is 0.371 e. The fourth-order valence-corrected chi connectivity index (χ4v) is 3.93. The summed E-state index contributed by atoms with van der Waals surface area (Å²) in [6.45, 7) is 2.76. The highest BCUT2D eigenvalue weighted by atomic mass is 16.6. The van der Waals surface area contributed by atoms with Crippen molar-refractivity contribution in [3.8, 4) is 11.1 Å². The van der Waals surface area contributed by atoms with Crippen LogP contribution in [0.5, 0.6) is 0 Å². The van der Waals surface area contributed by atoms with E-state index in [9.17, 15) is 14.4 Å². The van der Waals surface area contributed by atoms with E-state index in [0.29, 0.717) is 31.9 Å². The normalized spacial score (nSPS) is 20.8. The summed E-state index contributed by atoms with van der Waals surface area (Å²) >= 11 is 0. The lowest BCUT2D eigenvalue weighted by Gasteiger charge is -2.19. The average Bonchev–Trinajstić information content (AvgIpc) is 3.14. The predicted octanol–water partition coefficient (Wildman–Crippen LogP) is 1.21. The lowest BCUT2D eigenvalue weighted by Crippen LogP contribution is -2.42. The Morgan fingerprint density at radius 2 is 1.59 bits per heavy atom. The van der Waals surface area contributed by atoms with E-state index in [2.05, 4.69) is 10.6 Å². The lowest BCUT2D eigenvalue weighted by molar-refractivity contribution is -0.132. The first-order valence-electron chi connectivity index (χ1n) is 10.7. The van der Waals surface area contributed by atoms with Crippen LogP contribution in [0.25, 0.3) is 11.1 Å². The second kappa shape index (κ2) is 9.93. The van der Waals surface area contributed by atoms with Crippen LogP contribution < -0.4 is 10.6 Å². The van der Waals surface area contributed by atoms with E-state index >= 15 is 0 Å². The fraction of sp³-hybridized carbons (Fsp3) is 0.375. The topological polar surface area (TPSA) is 97.0 Å². The van der Waals surface area contributed by atoms with Gasteiger partial charge in [0.05, 0.1) is 25.8 Å². The first kappa shape index (κ1) is 22.0. The maximum Gasteiger partial charge on any atom is 0.251 e. The van der Waals surface area contributed by atoms with Gasteiger partial charge in [-0.2, -0.15) is 0 Å². The van der Waals surface area contributed by atoms with E-state index < -0.39 is 0 Å². The first-order chi connectivity index (χ1) is 15.5. The minimum atomic E-state index is -0.281. The number of hydrogen-bond donors (Lipinski definition) is 2. The summed E-state index contributed by atoms with van der Waals surface area (Å²) in [5.74, 6) is -0.588. The third-order valence-corrected chi connectivity index (χ3v) is 5.65. The zero-order valence-electron chi connectivity index (χ0n) is 18.0. The number of amides is 3. The van der Waals surface area contributed by atoms with E-state index in [4.69, 9.17) is 9.47 Å². The number of benzene rings is 2. The molecule has 2 aliphatic rings. The van der Waals surface area contributed by atoms with Crippen molar-refractivity contribution in [1.82, 2.24) is 15.5 Å². The van der Waals surface area contributed by atoms with Crippen molar-refractivity contribution in [2.75, 3.05) is 32.8 Å². The maximum absolute atomic E-state index is 12.8. The van der Waals surface area contributed by atoms with Crippen LogP contribution >= 0.6 is 0 Å². The Morgan fingerprint density at radius 3 is 2.25 bits per heavy atom. The van der Waals surface area contributed by atoms with E-state index in [1.807, 2.05) is 48.5 Å². The van der Waals surface area contributed by atoms with Gasteiger partial charge < -0.3 is 25.0 Å². The van der Waals surface area contributed by atoms with Crippen molar-refractivity contribution < 1.29 is 23.9 Å². The number of nitrogens with one attached hydrogen (secondary N) is 2. The van der Waals surface area contributed by atoms with Gasteiger partial charge >= 0.3 is 0 Å². The van der Waals surface area contributed by atoms with Gasteiger partial charge in [-0.1, -0.05) is 42.5 Å². The average molecular weight is 437 g/mol. The van der Waals surface area contributed by atoms with Crippen LogP contribution in [0.1, 0.15) is 17.3 Å². The minimum absolute atomic E-state index is 0.0322. The molecule has 0 saturated carbocycles. The molecule has 2 fully saturated rings. The molecule has 2 N–H and O–H groups in total. The Bertz CT molecular complexity index is 965. The molecule has 168 valence electrons. The molecule has 2 heterocycles. The second-order valence-corrected chi connectivity index (χ2v) is 8.07. The summed E-state index contributed by atoms with van der Waals surface area (Å²) in [6, 6.07) is 17.1. The molecule has 0 aliphatic carbocycles. The number of nitrogens with zero attached hydrogens (tertiary/aromatic N) is 1. The Labute approximate surface area is 186 Å². The Morgan fingerprint density at radius 1 is 0.938 bits per heavy atom. The minimum Gasteiger partial charge on any atom is -0.371 e. The zero-order valence-corrected chi connectivity index (χ0v) is 18.0. The molecule has 0 bridgehead atoms. The van der Waals surface area contributed by atoms with E-state index in [1.165, 1.54) is 6.92 Å². The van der Waals surface area contributed by atoms with Crippen molar-refractivity contribution in [1.29, 1.82) is 0 Å². The maximum atomic E-state index is 12.8. The number of hydrogen-bond acceptors (Lipinski definition) is 5. The molecule has 4 rings (SSSR count). The molecule has 2 aromatic rings. The van der Waals surface area contributed by atoms with E-state index in [-0.39, 0.29) is 42.5 Å². The van der Waals surface area contributed by atoms with Crippen LogP contribution in [-0.2, 0) is 19.1 Å². The van der Waals surface area contributed by atoms with Gasteiger partial charge in [-0.15, -0.1) is 0 Å². The summed E-state index contributed by atoms with van der Waals surface area (Å²) in [4.78, 5) is 37.7. The molecule has 0 spiro atoms. The number of fused-ring (bicyclic) bond motifs is 1. The molecule has 32 heavy (non-hydrogen) atoms. The number of ether oxygens (including phenoxy) is 2. The van der Waals surface area contributed by atoms with Gasteiger partial charge in [0.1, 0.15) is 12.2 Å². The van der Waals surface area contributed by atoms with Gasteiger partial charge in [-0.3, -0.25) is 14.4 Å². The van der Waals surface area contributed by atoms with Crippen molar-refractivity contribution in [2.45, 2.75) is 25.2 Å². The van der Waals surface area contributed by atoms with Crippen LogP contribution in [0.2, 0.25) is 0 Å². The SMILES string of the molecule is CC(=O)NCC(=O)N1C[C@@H]2OCC(NC(=O)c3cccc(-c4ccccc4)c3)CO[C@H]2C1. The zero-order chi connectivity index (χ0) is 22.5. The summed E-state index contributed by atoms with van der Waals surface area (Å²) in [6.07, 6.45) is -0.501. The van der Waals surface area contributed by atoms with Crippen LogP contribution in [0.15, 0.2) is 54.6 Å². The van der Waals surface area contributed by atoms with Crippen LogP contribution in [0, 0.1) is 0 Å². The van der Waals surface area contributed by atoms with Crippen LogP contribution in [0.4, 0.5) is 0 Å². The summed E-state index contributed by atoms with van der Waals surface area (Å²) in [5, 5.41) is 5.51. The second-order valence-electron chi connectivity index (χ2n) is 8.07. The van der Waals surface area contributed by atoms with Crippen molar-refractivity contribution in [2.24, 2.45) is 0 Å². The molecular formula is C24H27N3O5. The molecule has 0 radical (unpaired) electrons. The first-order valence-corrected chi connectivity index (χ1v) is 10.7. The molecule has 8 heteroatoms. The third kappa shape index (κ3) is 5.33. The Kier molecular flexibility index (Phi) is 6.82.